The zero-order chi connectivity index (χ0) is 24.5. The van der Waals surface area contributed by atoms with E-state index in [4.69, 9.17) is 19.4 Å². The van der Waals surface area contributed by atoms with E-state index in [0.717, 1.165) is 27.5 Å². The van der Waals surface area contributed by atoms with Crippen LogP contribution in [0.1, 0.15) is 16.8 Å². The van der Waals surface area contributed by atoms with Crippen molar-refractivity contribution < 1.29 is 24.2 Å². The number of para-hydroxylation sites is 3. The number of methoxy groups -OCH3 is 2. The number of carboxylic acid groups (broad SMARTS) is 1. The normalized spacial score (nSPS) is 11.1. The largest absolute Gasteiger partial charge is 0.493 e. The van der Waals surface area contributed by atoms with Crippen LogP contribution in [-0.4, -0.2) is 45.7 Å². The Bertz CT molecular complexity index is 1610. The summed E-state index contributed by atoms with van der Waals surface area (Å²) < 4.78 is 12.4. The fourth-order valence-electron chi connectivity index (χ4n) is 4.19. The van der Waals surface area contributed by atoms with Crippen LogP contribution in [0.15, 0.2) is 60.7 Å². The molecule has 9 nitrogen and oxygen atoms in total. The van der Waals surface area contributed by atoms with Gasteiger partial charge in [-0.15, -0.1) is 0 Å². The van der Waals surface area contributed by atoms with Crippen molar-refractivity contribution in [3.63, 3.8) is 0 Å². The van der Waals surface area contributed by atoms with Gasteiger partial charge in [-0.05, 0) is 18.2 Å². The molecule has 0 bridgehead atoms. The molecule has 0 aliphatic rings. The van der Waals surface area contributed by atoms with Gasteiger partial charge in [0, 0.05) is 30.5 Å². The van der Waals surface area contributed by atoms with Crippen molar-refractivity contribution in [3.05, 3.63) is 66.2 Å². The molecule has 0 saturated carbocycles. The fraction of sp³-hybridized carbons (Fsp3) is 0.154. The zero-order valence-electron chi connectivity index (χ0n) is 19.1. The first kappa shape index (κ1) is 22.1. The topological polar surface area (TPSA) is 116 Å². The van der Waals surface area contributed by atoms with Crippen LogP contribution in [0.4, 0.5) is 5.69 Å². The minimum absolute atomic E-state index is 0.0924. The number of amides is 1. The van der Waals surface area contributed by atoms with Crippen LogP contribution in [0.3, 0.4) is 0 Å². The first-order chi connectivity index (χ1) is 17.0. The van der Waals surface area contributed by atoms with E-state index >= 15 is 0 Å². The number of nitrogens with one attached hydrogen (secondary N) is 1. The number of carbonyl (C=O) groups excluding carboxylic acids is 1. The Hall–Kier alpha value is -4.66. The van der Waals surface area contributed by atoms with Gasteiger partial charge in [-0.25, -0.2) is 14.8 Å². The molecular weight excluding hydrogens is 448 g/mol. The minimum Gasteiger partial charge on any atom is -0.493 e. The molecule has 0 aliphatic heterocycles. The highest BCUT2D eigenvalue weighted by molar-refractivity contribution is 6.06. The molecule has 0 aliphatic carbocycles. The van der Waals surface area contributed by atoms with Crippen molar-refractivity contribution in [2.24, 2.45) is 0 Å². The molecule has 3 aromatic carbocycles. The molecule has 0 spiro atoms. The Morgan fingerprint density at radius 2 is 1.60 bits per heavy atom. The van der Waals surface area contributed by atoms with Gasteiger partial charge in [0.1, 0.15) is 5.52 Å². The number of ether oxygens (including phenoxy) is 2. The summed E-state index contributed by atoms with van der Waals surface area (Å²) in [6.07, 6.45) is 0.0929. The summed E-state index contributed by atoms with van der Waals surface area (Å²) in [7, 11) is 2.86. The summed E-state index contributed by atoms with van der Waals surface area (Å²) in [5, 5.41) is 13.3. The van der Waals surface area contributed by atoms with Crippen molar-refractivity contribution in [1.29, 1.82) is 0 Å². The second-order valence-corrected chi connectivity index (χ2v) is 7.91. The van der Waals surface area contributed by atoms with E-state index in [2.05, 4.69) is 5.32 Å². The second-order valence-electron chi connectivity index (χ2n) is 7.91. The third kappa shape index (κ3) is 3.97. The Morgan fingerprint density at radius 1 is 0.943 bits per heavy atom. The van der Waals surface area contributed by atoms with Crippen molar-refractivity contribution in [2.45, 2.75) is 13.0 Å². The summed E-state index contributed by atoms with van der Waals surface area (Å²) in [5.74, 6) is -0.957. The molecule has 0 saturated heterocycles. The number of hydrogen-bond donors (Lipinski definition) is 2. The average molecular weight is 470 g/mol. The maximum absolute atomic E-state index is 12.9. The Balaban J connectivity index is 1.47. The molecule has 2 aromatic heterocycles. The van der Waals surface area contributed by atoms with Gasteiger partial charge >= 0.3 is 5.97 Å². The summed E-state index contributed by atoms with van der Waals surface area (Å²) in [6, 6.07) is 18.3. The van der Waals surface area contributed by atoms with Crippen LogP contribution in [0.2, 0.25) is 0 Å². The lowest BCUT2D eigenvalue weighted by Crippen LogP contribution is -2.17. The van der Waals surface area contributed by atoms with Crippen molar-refractivity contribution in [1.82, 2.24) is 14.5 Å². The number of hydrogen-bond acceptors (Lipinski definition) is 6. The highest BCUT2D eigenvalue weighted by Gasteiger charge is 2.19. The molecule has 2 heterocycles. The van der Waals surface area contributed by atoms with Crippen LogP contribution in [-0.2, 0) is 11.3 Å². The lowest BCUT2D eigenvalue weighted by molar-refractivity contribution is -0.116. The van der Waals surface area contributed by atoms with E-state index < -0.39 is 5.97 Å². The van der Waals surface area contributed by atoms with Gasteiger partial charge in [0.15, 0.2) is 17.1 Å². The number of fused-ring (bicyclic) bond motifs is 4. The molecule has 2 N–H and O–H groups in total. The fourth-order valence-corrected chi connectivity index (χ4v) is 4.19. The minimum atomic E-state index is -1.19. The molecule has 176 valence electrons. The van der Waals surface area contributed by atoms with Gasteiger partial charge in [-0.3, -0.25) is 4.79 Å². The number of carboxylic acids is 1. The van der Waals surface area contributed by atoms with E-state index in [1.54, 1.807) is 0 Å². The molecule has 9 heteroatoms. The maximum atomic E-state index is 12.9. The average Bonchev–Trinajstić information content (AvgIpc) is 3.18. The summed E-state index contributed by atoms with van der Waals surface area (Å²) in [5.41, 5.74) is 3.99. The number of carbonyl (C=O) groups is 2. The van der Waals surface area contributed by atoms with Crippen LogP contribution in [0.5, 0.6) is 11.5 Å². The van der Waals surface area contributed by atoms with E-state index in [1.165, 1.54) is 26.4 Å². The lowest BCUT2D eigenvalue weighted by atomic mass is 10.1. The molecular formula is C26H22N4O5. The molecule has 0 fully saturated rings. The first-order valence-corrected chi connectivity index (χ1v) is 10.9. The van der Waals surface area contributed by atoms with Gasteiger partial charge in [-0.2, -0.15) is 0 Å². The van der Waals surface area contributed by atoms with E-state index in [-0.39, 0.29) is 29.3 Å². The van der Waals surface area contributed by atoms with Crippen molar-refractivity contribution >= 4 is 50.7 Å². The monoisotopic (exact) mass is 470 g/mol. The number of aromatic nitrogens is 3. The smallest absolute Gasteiger partial charge is 0.337 e. The summed E-state index contributed by atoms with van der Waals surface area (Å²) in [4.78, 5) is 34.3. The van der Waals surface area contributed by atoms with Crippen LogP contribution in [0.25, 0.3) is 33.1 Å². The number of aryl methyl sites for hydroxylation is 1. The van der Waals surface area contributed by atoms with Gasteiger partial charge in [0.05, 0.1) is 42.0 Å². The molecule has 5 rings (SSSR count). The third-order valence-electron chi connectivity index (χ3n) is 5.85. The zero-order valence-corrected chi connectivity index (χ0v) is 19.1. The highest BCUT2D eigenvalue weighted by atomic mass is 16.5. The molecule has 0 radical (unpaired) electrons. The first-order valence-electron chi connectivity index (χ1n) is 10.9. The quantitative estimate of drug-likeness (QED) is 0.360. The highest BCUT2D eigenvalue weighted by Crippen LogP contribution is 2.34. The molecule has 0 unspecified atom stereocenters. The van der Waals surface area contributed by atoms with E-state index in [1.807, 2.05) is 53.1 Å². The van der Waals surface area contributed by atoms with Crippen LogP contribution >= 0.6 is 0 Å². The number of aromatic carboxylic acids is 1. The van der Waals surface area contributed by atoms with E-state index in [0.29, 0.717) is 17.9 Å². The molecule has 35 heavy (non-hydrogen) atoms. The molecule has 1 amide bonds. The van der Waals surface area contributed by atoms with Gasteiger partial charge in [0.25, 0.3) is 0 Å². The lowest BCUT2D eigenvalue weighted by Gasteiger charge is -2.14. The Labute approximate surface area is 199 Å². The van der Waals surface area contributed by atoms with E-state index in [9.17, 15) is 14.7 Å². The Kier molecular flexibility index (Phi) is 5.66. The Morgan fingerprint density at radius 3 is 2.31 bits per heavy atom. The predicted molar refractivity (Wildman–Crippen MR) is 132 cm³/mol. The number of rotatable bonds is 7. The number of nitrogens with zero attached hydrogens (tertiary/aromatic N) is 3. The summed E-state index contributed by atoms with van der Waals surface area (Å²) >= 11 is 0. The van der Waals surface area contributed by atoms with Crippen molar-refractivity contribution in [2.75, 3.05) is 19.5 Å². The second kappa shape index (κ2) is 8.94. The number of anilines is 1. The molecule has 5 aromatic rings. The van der Waals surface area contributed by atoms with Gasteiger partial charge in [-0.1, -0.05) is 30.3 Å². The van der Waals surface area contributed by atoms with Crippen LogP contribution in [0, 0.1) is 0 Å². The van der Waals surface area contributed by atoms with Crippen LogP contribution < -0.4 is 14.8 Å². The van der Waals surface area contributed by atoms with Gasteiger partial charge in [0.2, 0.25) is 5.91 Å². The van der Waals surface area contributed by atoms with Gasteiger partial charge < -0.3 is 24.5 Å². The standard InChI is InChI=1S/C26H22N4O5/c1-34-21-13-16(26(32)33)19(14-22(21)35-2)27-23(31)11-12-30-20-10-6-3-7-15(20)24-25(30)29-18-9-5-4-8-17(18)28-24/h3-10,13-14H,11-12H2,1-2H3,(H,27,31)(H,32,33). The SMILES string of the molecule is COc1cc(NC(=O)CCn2c3ccccc3c3nc4ccccc4nc32)c(C(=O)O)cc1OC. The number of benzene rings is 3. The predicted octanol–water partition coefficient (Wildman–Crippen LogP) is 4.48. The summed E-state index contributed by atoms with van der Waals surface area (Å²) in [6.45, 7) is 0.332. The third-order valence-corrected chi connectivity index (χ3v) is 5.85. The van der Waals surface area contributed by atoms with Crippen molar-refractivity contribution in [3.8, 4) is 11.5 Å². The maximum Gasteiger partial charge on any atom is 0.337 e. The molecule has 0 atom stereocenters.